The Balaban J connectivity index is 1.34. The molecule has 2 atom stereocenters. The molecule has 1 spiro atoms. The number of nitrogens with zero attached hydrogens (tertiary/aromatic N) is 3. The highest BCUT2D eigenvalue weighted by atomic mass is 35.5. The Labute approximate surface area is 206 Å². The molecule has 0 aliphatic carbocycles. The first-order valence-electron chi connectivity index (χ1n) is 11.9. The zero-order valence-corrected chi connectivity index (χ0v) is 19.9. The zero-order valence-electron chi connectivity index (χ0n) is 19.2. The van der Waals surface area contributed by atoms with Gasteiger partial charge in [-0.1, -0.05) is 72.3 Å². The average molecular weight is 476 g/mol. The minimum atomic E-state index is -0.704. The van der Waals surface area contributed by atoms with Crippen molar-refractivity contribution in [1.29, 1.82) is 0 Å². The molecule has 2 aromatic carbocycles. The van der Waals surface area contributed by atoms with Gasteiger partial charge in [-0.3, -0.25) is 14.7 Å². The molecular formula is C28H30ClN3O2. The smallest absolute Gasteiger partial charge is 0.229 e. The minimum absolute atomic E-state index is 0.181. The quantitative estimate of drug-likeness (QED) is 0.553. The maximum Gasteiger partial charge on any atom is 0.229 e. The number of aliphatic hydroxyl groups is 1. The standard InChI is InChI=1S/C28H30ClN3O2/c29-23-11-12-24(30-18-23)20-31-15-13-28(14-16-31)17-25(26(33)22-9-5-2-6-10-22)32(27(28)34)19-21-7-3-1-4-8-21/h1-12,18,25-26,33H,13-17,19-20H2/t25-,26+/m0/s1. The third kappa shape index (κ3) is 4.74. The summed E-state index contributed by atoms with van der Waals surface area (Å²) < 4.78 is 0. The second kappa shape index (κ2) is 9.87. The number of carbonyl (C=O) groups excluding carboxylic acids is 1. The van der Waals surface area contributed by atoms with E-state index in [0.29, 0.717) is 18.0 Å². The molecule has 176 valence electrons. The third-order valence-electron chi connectivity index (χ3n) is 7.40. The fraction of sp³-hybridized carbons (Fsp3) is 0.357. The van der Waals surface area contributed by atoms with Crippen LogP contribution in [0.3, 0.4) is 0 Å². The van der Waals surface area contributed by atoms with Crippen LogP contribution < -0.4 is 0 Å². The van der Waals surface area contributed by atoms with E-state index in [2.05, 4.69) is 9.88 Å². The van der Waals surface area contributed by atoms with Gasteiger partial charge in [0.15, 0.2) is 0 Å². The van der Waals surface area contributed by atoms with Crippen LogP contribution in [0.1, 0.15) is 42.2 Å². The maximum atomic E-state index is 13.9. The van der Waals surface area contributed by atoms with Crippen LogP contribution in [-0.4, -0.2) is 44.9 Å². The molecule has 2 aliphatic heterocycles. The summed E-state index contributed by atoms with van der Waals surface area (Å²) in [6.07, 6.45) is 3.25. The number of hydrogen-bond acceptors (Lipinski definition) is 4. The Morgan fingerprint density at radius 1 is 0.971 bits per heavy atom. The number of carbonyl (C=O) groups is 1. The van der Waals surface area contributed by atoms with Gasteiger partial charge in [-0.25, -0.2) is 0 Å². The number of piperidine rings is 1. The van der Waals surface area contributed by atoms with Crippen LogP contribution in [0.2, 0.25) is 5.02 Å². The molecule has 5 rings (SSSR count). The Kier molecular flexibility index (Phi) is 6.68. The summed E-state index contributed by atoms with van der Waals surface area (Å²) in [6.45, 7) is 2.95. The van der Waals surface area contributed by atoms with Gasteiger partial charge in [0.05, 0.1) is 28.3 Å². The summed E-state index contributed by atoms with van der Waals surface area (Å²) in [5, 5.41) is 12.0. The van der Waals surface area contributed by atoms with E-state index < -0.39 is 11.5 Å². The largest absolute Gasteiger partial charge is 0.386 e. The number of halogens is 1. The third-order valence-corrected chi connectivity index (χ3v) is 7.63. The van der Waals surface area contributed by atoms with Crippen LogP contribution in [-0.2, 0) is 17.9 Å². The van der Waals surface area contributed by atoms with E-state index in [4.69, 9.17) is 11.6 Å². The maximum absolute atomic E-state index is 13.9. The first kappa shape index (κ1) is 23.0. The summed E-state index contributed by atoms with van der Waals surface area (Å²) in [5.41, 5.74) is 2.52. The number of rotatable bonds is 6. The molecule has 2 saturated heterocycles. The van der Waals surface area contributed by atoms with Gasteiger partial charge in [-0.05, 0) is 55.6 Å². The first-order chi connectivity index (χ1) is 16.5. The lowest BCUT2D eigenvalue weighted by atomic mass is 9.75. The van der Waals surface area contributed by atoms with Crippen molar-refractivity contribution in [1.82, 2.24) is 14.8 Å². The van der Waals surface area contributed by atoms with E-state index in [1.807, 2.05) is 77.7 Å². The summed E-state index contributed by atoms with van der Waals surface area (Å²) >= 11 is 5.97. The Morgan fingerprint density at radius 3 is 2.29 bits per heavy atom. The lowest BCUT2D eigenvalue weighted by Gasteiger charge is -2.37. The Hall–Kier alpha value is -2.73. The first-order valence-corrected chi connectivity index (χ1v) is 12.3. The number of aliphatic hydroxyl groups excluding tert-OH is 1. The van der Waals surface area contributed by atoms with Crippen LogP contribution in [0.25, 0.3) is 0 Å². The summed E-state index contributed by atoms with van der Waals surface area (Å²) in [5.74, 6) is 0.181. The zero-order chi connectivity index (χ0) is 23.5. The normalized spacial score (nSPS) is 21.2. The molecule has 0 bridgehead atoms. The second-order valence-electron chi connectivity index (χ2n) is 9.57. The van der Waals surface area contributed by atoms with Crippen molar-refractivity contribution in [2.24, 2.45) is 5.41 Å². The van der Waals surface area contributed by atoms with Crippen LogP contribution in [0, 0.1) is 5.41 Å². The van der Waals surface area contributed by atoms with E-state index in [-0.39, 0.29) is 11.9 Å². The molecule has 2 fully saturated rings. The number of pyridine rings is 1. The van der Waals surface area contributed by atoms with Crippen LogP contribution in [0.4, 0.5) is 0 Å². The van der Waals surface area contributed by atoms with Crippen LogP contribution >= 0.6 is 11.6 Å². The van der Waals surface area contributed by atoms with Crippen molar-refractivity contribution in [3.8, 4) is 0 Å². The fourth-order valence-corrected chi connectivity index (χ4v) is 5.57. The van der Waals surface area contributed by atoms with Crippen molar-refractivity contribution >= 4 is 17.5 Å². The van der Waals surface area contributed by atoms with Crippen molar-refractivity contribution < 1.29 is 9.90 Å². The van der Waals surface area contributed by atoms with E-state index in [1.54, 1.807) is 6.20 Å². The molecule has 6 heteroatoms. The van der Waals surface area contributed by atoms with Crippen molar-refractivity contribution in [3.63, 3.8) is 0 Å². The highest BCUT2D eigenvalue weighted by Gasteiger charge is 2.54. The van der Waals surface area contributed by atoms with Crippen LogP contribution in [0.15, 0.2) is 79.0 Å². The monoisotopic (exact) mass is 475 g/mol. The molecule has 1 aromatic heterocycles. The minimum Gasteiger partial charge on any atom is -0.386 e. The molecule has 0 saturated carbocycles. The Morgan fingerprint density at radius 2 is 1.65 bits per heavy atom. The number of hydrogen-bond donors (Lipinski definition) is 1. The van der Waals surface area contributed by atoms with Gasteiger partial charge in [0.25, 0.3) is 0 Å². The molecule has 0 radical (unpaired) electrons. The van der Waals surface area contributed by atoms with Gasteiger partial charge in [-0.15, -0.1) is 0 Å². The van der Waals surface area contributed by atoms with Gasteiger partial charge in [0.1, 0.15) is 0 Å². The molecule has 1 amide bonds. The number of benzene rings is 2. The Bertz CT molecular complexity index is 1100. The van der Waals surface area contributed by atoms with Crippen molar-refractivity contribution in [2.45, 2.75) is 44.5 Å². The van der Waals surface area contributed by atoms with Gasteiger partial charge < -0.3 is 10.0 Å². The van der Waals surface area contributed by atoms with Crippen molar-refractivity contribution in [2.75, 3.05) is 13.1 Å². The molecular weight excluding hydrogens is 446 g/mol. The fourth-order valence-electron chi connectivity index (χ4n) is 5.46. The number of amides is 1. The second-order valence-corrected chi connectivity index (χ2v) is 10.0. The molecule has 3 aromatic rings. The summed E-state index contributed by atoms with van der Waals surface area (Å²) in [7, 11) is 0. The summed E-state index contributed by atoms with van der Waals surface area (Å²) in [4.78, 5) is 22.6. The van der Waals surface area contributed by atoms with Gasteiger partial charge in [0, 0.05) is 19.3 Å². The highest BCUT2D eigenvalue weighted by Crippen LogP contribution is 2.48. The van der Waals surface area contributed by atoms with Gasteiger partial charge in [-0.2, -0.15) is 0 Å². The van der Waals surface area contributed by atoms with Crippen LogP contribution in [0.5, 0.6) is 0 Å². The predicted octanol–water partition coefficient (Wildman–Crippen LogP) is 4.85. The number of likely N-dealkylation sites (tertiary alicyclic amines) is 2. The van der Waals surface area contributed by atoms with E-state index in [0.717, 1.165) is 49.3 Å². The van der Waals surface area contributed by atoms with Gasteiger partial charge >= 0.3 is 0 Å². The lowest BCUT2D eigenvalue weighted by molar-refractivity contribution is -0.140. The lowest BCUT2D eigenvalue weighted by Crippen LogP contribution is -2.44. The molecule has 3 heterocycles. The summed E-state index contributed by atoms with van der Waals surface area (Å²) in [6, 6.07) is 23.4. The van der Waals surface area contributed by atoms with Gasteiger partial charge in [0.2, 0.25) is 5.91 Å². The molecule has 34 heavy (non-hydrogen) atoms. The van der Waals surface area contributed by atoms with Crippen molar-refractivity contribution in [3.05, 3.63) is 101 Å². The highest BCUT2D eigenvalue weighted by molar-refractivity contribution is 6.30. The average Bonchev–Trinajstić information content (AvgIpc) is 3.14. The van der Waals surface area contributed by atoms with E-state index >= 15 is 0 Å². The van der Waals surface area contributed by atoms with E-state index in [1.165, 1.54) is 0 Å². The van der Waals surface area contributed by atoms with E-state index in [9.17, 15) is 9.90 Å². The number of aromatic nitrogens is 1. The SMILES string of the molecule is O=C1N(Cc2ccccc2)[C@H]([C@H](O)c2ccccc2)CC12CCN(Cc1ccc(Cl)cn1)CC2. The predicted molar refractivity (Wildman–Crippen MR) is 133 cm³/mol. The molecule has 1 N–H and O–H groups in total. The molecule has 2 aliphatic rings. The topological polar surface area (TPSA) is 56.7 Å². The molecule has 0 unspecified atom stereocenters. The molecule has 5 nitrogen and oxygen atoms in total.